The number of hydrogen-bond acceptors (Lipinski definition) is 2. The molecule has 0 radical (unpaired) electrons. The maximum atomic E-state index is 12.4. The number of benzene rings is 8. The maximum absolute atomic E-state index is 12.4. The molecule has 244 valence electrons. The van der Waals surface area contributed by atoms with Crippen LogP contribution in [-0.2, 0) is 0 Å². The van der Waals surface area contributed by atoms with Gasteiger partial charge in [-0.05, 0) is 11.6 Å². The van der Waals surface area contributed by atoms with Crippen molar-refractivity contribution in [1.29, 1.82) is 0 Å². The summed E-state index contributed by atoms with van der Waals surface area (Å²) in [7, 11) is -3.17. The van der Waals surface area contributed by atoms with Gasteiger partial charge in [-0.15, -0.1) is 0 Å². The quantitative estimate of drug-likeness (QED) is 0.171. The van der Waals surface area contributed by atoms with Gasteiger partial charge in [-0.25, -0.2) is 0 Å². The second kappa shape index (κ2) is 13.0. The molecule has 9 rings (SSSR count). The molecule has 3 nitrogen and oxygen atoms in total. The summed E-state index contributed by atoms with van der Waals surface area (Å²) in [6.45, 7) is 0. The summed E-state index contributed by atoms with van der Waals surface area (Å²) < 4.78 is 2.12. The molecule has 8 aromatic carbocycles. The summed E-state index contributed by atoms with van der Waals surface area (Å²) >= 11 is 0. The Morgan fingerprint density at radius 2 is 0.902 bits per heavy atom. The average molecular weight is 675 g/mol. The minimum absolute atomic E-state index is 0.956. The molecule has 0 aliphatic heterocycles. The van der Waals surface area contributed by atoms with Gasteiger partial charge in [0.2, 0.25) is 0 Å². The van der Waals surface area contributed by atoms with Crippen LogP contribution in [0.5, 0.6) is 0 Å². The van der Waals surface area contributed by atoms with Gasteiger partial charge in [0, 0.05) is 0 Å². The molecule has 9 aromatic rings. The Hall–Kier alpha value is -6.12. The number of rotatable bonds is 7. The SMILES string of the molecule is O[PH](c1ccccc1)(c1ccccc1)c1ccc(-c2ccc(-n3nc(-c4ccccc4)c4c(-c5ccccc5)cc5ccccc5c43)cc2)cc1. The van der Waals surface area contributed by atoms with E-state index in [0.717, 1.165) is 60.3 Å². The second-order valence-corrected chi connectivity index (χ2v) is 16.1. The number of aromatic nitrogens is 2. The summed E-state index contributed by atoms with van der Waals surface area (Å²) in [5.74, 6) is 0. The van der Waals surface area contributed by atoms with E-state index in [1.807, 2.05) is 66.7 Å². The molecule has 1 N–H and O–H groups in total. The van der Waals surface area contributed by atoms with E-state index in [2.05, 4.69) is 138 Å². The van der Waals surface area contributed by atoms with Gasteiger partial charge in [0.25, 0.3) is 0 Å². The van der Waals surface area contributed by atoms with Crippen LogP contribution < -0.4 is 15.9 Å². The first-order chi connectivity index (χ1) is 25.2. The summed E-state index contributed by atoms with van der Waals surface area (Å²) in [6, 6.07) is 69.3. The predicted molar refractivity (Wildman–Crippen MR) is 217 cm³/mol. The van der Waals surface area contributed by atoms with Crippen LogP contribution in [0.25, 0.3) is 60.9 Å². The minimum atomic E-state index is -3.17. The third-order valence-corrected chi connectivity index (χ3v) is 13.4. The van der Waals surface area contributed by atoms with Crippen LogP contribution in [0.3, 0.4) is 0 Å². The molecule has 0 fully saturated rings. The van der Waals surface area contributed by atoms with Gasteiger partial charge in [-0.2, -0.15) is 0 Å². The molecule has 0 unspecified atom stereocenters. The normalized spacial score (nSPS) is 11.9. The molecule has 0 atom stereocenters. The van der Waals surface area contributed by atoms with Crippen molar-refractivity contribution in [2.75, 3.05) is 0 Å². The van der Waals surface area contributed by atoms with Crippen molar-refractivity contribution in [2.24, 2.45) is 0 Å². The Morgan fingerprint density at radius 3 is 1.49 bits per heavy atom. The Labute approximate surface area is 298 Å². The average Bonchev–Trinajstić information content (AvgIpc) is 3.63. The van der Waals surface area contributed by atoms with E-state index in [0.29, 0.717) is 0 Å². The molecular formula is C47H35N2OP. The monoisotopic (exact) mass is 674 g/mol. The number of nitrogens with zero attached hydrogens (tertiary/aromatic N) is 2. The van der Waals surface area contributed by atoms with Gasteiger partial charge < -0.3 is 0 Å². The molecule has 0 bridgehead atoms. The van der Waals surface area contributed by atoms with Gasteiger partial charge in [-0.1, -0.05) is 78.9 Å². The molecule has 0 amide bonds. The molecule has 0 aliphatic rings. The zero-order valence-corrected chi connectivity index (χ0v) is 28.9. The first kappa shape index (κ1) is 30.9. The Balaban J connectivity index is 1.16. The van der Waals surface area contributed by atoms with Crippen molar-refractivity contribution in [1.82, 2.24) is 9.78 Å². The summed E-state index contributed by atoms with van der Waals surface area (Å²) in [4.78, 5) is 12.4. The fourth-order valence-corrected chi connectivity index (χ4v) is 10.4. The van der Waals surface area contributed by atoms with E-state index >= 15 is 0 Å². The van der Waals surface area contributed by atoms with Crippen LogP contribution >= 0.6 is 7.49 Å². The van der Waals surface area contributed by atoms with E-state index in [4.69, 9.17) is 5.10 Å². The van der Waals surface area contributed by atoms with Crippen molar-refractivity contribution >= 4 is 45.1 Å². The van der Waals surface area contributed by atoms with Crippen molar-refractivity contribution in [2.45, 2.75) is 0 Å². The fourth-order valence-electron chi connectivity index (χ4n) is 7.38. The Morgan fingerprint density at radius 1 is 0.431 bits per heavy atom. The summed E-state index contributed by atoms with van der Waals surface area (Å²) in [6.07, 6.45) is 0. The fraction of sp³-hybridized carbons (Fsp3) is 0. The molecular weight excluding hydrogens is 640 g/mol. The van der Waals surface area contributed by atoms with Crippen LogP contribution in [0.4, 0.5) is 0 Å². The molecule has 0 saturated heterocycles. The molecule has 0 aliphatic carbocycles. The standard InChI is InChI=1S/C47H35N2OP/c50-51(40-20-9-3-10-21-40,41-22-11-4-12-23-41)42-31-27-35(28-32-42)34-25-29-39(30-26-34)49-47-43-24-14-13-19-38(43)33-44(36-15-5-1-6-16-36)45(47)46(48-49)37-17-7-2-8-18-37/h1-33,50-51H. The van der Waals surface area contributed by atoms with Crippen molar-refractivity contribution in [3.05, 3.63) is 200 Å². The second-order valence-electron chi connectivity index (χ2n) is 12.9. The van der Waals surface area contributed by atoms with E-state index < -0.39 is 7.49 Å². The number of fused-ring (bicyclic) bond motifs is 3. The van der Waals surface area contributed by atoms with E-state index in [9.17, 15) is 4.89 Å². The topological polar surface area (TPSA) is 38.0 Å². The first-order valence-corrected chi connectivity index (χ1v) is 19.2. The van der Waals surface area contributed by atoms with Gasteiger partial charge in [0.1, 0.15) is 0 Å². The van der Waals surface area contributed by atoms with Crippen molar-refractivity contribution < 1.29 is 4.89 Å². The van der Waals surface area contributed by atoms with E-state index in [1.165, 1.54) is 16.5 Å². The van der Waals surface area contributed by atoms with Crippen LogP contribution in [-0.4, -0.2) is 14.7 Å². The predicted octanol–water partition coefficient (Wildman–Crippen LogP) is 10.1. The van der Waals surface area contributed by atoms with Crippen molar-refractivity contribution in [3.63, 3.8) is 0 Å². The van der Waals surface area contributed by atoms with Gasteiger partial charge in [0.15, 0.2) is 0 Å². The Bertz CT molecular complexity index is 2560. The van der Waals surface area contributed by atoms with E-state index in [1.54, 1.807) is 0 Å². The van der Waals surface area contributed by atoms with Crippen LogP contribution in [0, 0.1) is 0 Å². The van der Waals surface area contributed by atoms with Gasteiger partial charge >= 0.3 is 209 Å². The Kier molecular flexibility index (Phi) is 7.86. The van der Waals surface area contributed by atoms with Gasteiger partial charge in [-0.3, -0.25) is 0 Å². The summed E-state index contributed by atoms with van der Waals surface area (Å²) in [5.41, 5.74) is 8.66. The molecule has 0 saturated carbocycles. The number of hydrogen-bond donors (Lipinski definition) is 1. The zero-order valence-electron chi connectivity index (χ0n) is 27.9. The van der Waals surface area contributed by atoms with Gasteiger partial charge in [0.05, 0.1) is 0 Å². The zero-order chi connectivity index (χ0) is 34.2. The van der Waals surface area contributed by atoms with Crippen LogP contribution in [0.2, 0.25) is 0 Å². The molecule has 4 heteroatoms. The van der Waals surface area contributed by atoms with Crippen LogP contribution in [0.1, 0.15) is 0 Å². The summed E-state index contributed by atoms with van der Waals surface area (Å²) in [5, 5.41) is 11.7. The third-order valence-electron chi connectivity index (χ3n) is 9.93. The molecule has 0 spiro atoms. The van der Waals surface area contributed by atoms with Crippen molar-refractivity contribution in [3.8, 4) is 39.2 Å². The third kappa shape index (κ3) is 5.45. The first-order valence-electron chi connectivity index (χ1n) is 17.3. The van der Waals surface area contributed by atoms with E-state index in [-0.39, 0.29) is 0 Å². The van der Waals surface area contributed by atoms with Crippen LogP contribution in [0.15, 0.2) is 200 Å². The molecule has 51 heavy (non-hydrogen) atoms. The molecule has 1 heterocycles. The molecule has 1 aromatic heterocycles.